The van der Waals surface area contributed by atoms with Gasteiger partial charge in [0.25, 0.3) is 0 Å². The van der Waals surface area contributed by atoms with E-state index in [2.05, 4.69) is 5.32 Å². The summed E-state index contributed by atoms with van der Waals surface area (Å²) in [4.78, 5) is 12.0. The van der Waals surface area contributed by atoms with Crippen LogP contribution in [0.4, 0.5) is 4.39 Å². The van der Waals surface area contributed by atoms with Crippen LogP contribution in [-0.4, -0.2) is 24.2 Å². The minimum atomic E-state index is -1.28. The summed E-state index contributed by atoms with van der Waals surface area (Å²) >= 11 is 0. The molecular weight excluding hydrogens is 321 g/mol. The van der Waals surface area contributed by atoms with E-state index in [-0.39, 0.29) is 18.3 Å². The van der Waals surface area contributed by atoms with E-state index in [1.807, 2.05) is 18.2 Å². The van der Waals surface area contributed by atoms with Gasteiger partial charge in [0.15, 0.2) is 0 Å². The molecule has 0 spiro atoms. The first-order valence-corrected chi connectivity index (χ1v) is 8.14. The lowest BCUT2D eigenvalue weighted by Crippen LogP contribution is -2.37. The molecule has 2 N–H and O–H groups in total. The summed E-state index contributed by atoms with van der Waals surface area (Å²) in [6, 6.07) is 11.4. The van der Waals surface area contributed by atoms with Gasteiger partial charge >= 0.3 is 0 Å². The minimum absolute atomic E-state index is 0.0276. The topological polar surface area (TPSA) is 58.6 Å². The Balaban J connectivity index is 1.58. The molecule has 1 aliphatic heterocycles. The second-order valence-electron chi connectivity index (χ2n) is 6.30. The van der Waals surface area contributed by atoms with Gasteiger partial charge in [-0.1, -0.05) is 18.2 Å². The molecule has 4 nitrogen and oxygen atoms in total. The van der Waals surface area contributed by atoms with E-state index < -0.39 is 5.60 Å². The molecule has 0 bridgehead atoms. The van der Waals surface area contributed by atoms with E-state index in [4.69, 9.17) is 4.74 Å². The Kier molecular flexibility index (Phi) is 4.86. The minimum Gasteiger partial charge on any atom is -0.493 e. The Morgan fingerprint density at radius 2 is 2.08 bits per heavy atom. The van der Waals surface area contributed by atoms with E-state index in [0.29, 0.717) is 12.2 Å². The van der Waals surface area contributed by atoms with E-state index in [9.17, 15) is 14.3 Å². The molecule has 0 fully saturated rings. The first-order valence-electron chi connectivity index (χ1n) is 8.14. The first-order chi connectivity index (χ1) is 11.9. The number of nitrogens with one attached hydrogen (secondary N) is 1. The summed E-state index contributed by atoms with van der Waals surface area (Å²) in [5.41, 5.74) is 1.32. The third kappa shape index (κ3) is 4.25. The smallest absolute Gasteiger partial charge is 0.244 e. The van der Waals surface area contributed by atoms with Crippen molar-refractivity contribution < 1.29 is 19.0 Å². The lowest BCUT2D eigenvalue weighted by Gasteiger charge is -2.23. The summed E-state index contributed by atoms with van der Waals surface area (Å²) < 4.78 is 18.4. The van der Waals surface area contributed by atoms with Gasteiger partial charge in [0.05, 0.1) is 13.2 Å². The van der Waals surface area contributed by atoms with Crippen molar-refractivity contribution in [2.24, 2.45) is 0 Å². The average molecular weight is 341 g/mol. The van der Waals surface area contributed by atoms with Crippen molar-refractivity contribution >= 4 is 12.0 Å². The van der Waals surface area contributed by atoms with E-state index in [1.54, 1.807) is 13.0 Å². The van der Waals surface area contributed by atoms with Crippen molar-refractivity contribution in [3.05, 3.63) is 71.0 Å². The van der Waals surface area contributed by atoms with Gasteiger partial charge in [-0.3, -0.25) is 4.79 Å². The third-order valence-electron chi connectivity index (χ3n) is 4.21. The molecular formula is C20H20FNO3. The maximum atomic E-state index is 13.0. The fourth-order valence-electron chi connectivity index (χ4n) is 2.71. The maximum Gasteiger partial charge on any atom is 0.244 e. The molecule has 5 heteroatoms. The molecule has 1 atom stereocenters. The highest BCUT2D eigenvalue weighted by Gasteiger charge is 2.23. The molecule has 1 unspecified atom stereocenters. The number of hydrogen-bond acceptors (Lipinski definition) is 3. The van der Waals surface area contributed by atoms with Gasteiger partial charge < -0.3 is 15.2 Å². The highest BCUT2D eigenvalue weighted by molar-refractivity contribution is 5.91. The van der Waals surface area contributed by atoms with Crippen LogP contribution in [-0.2, 0) is 16.8 Å². The summed E-state index contributed by atoms with van der Waals surface area (Å²) in [7, 11) is 0. The van der Waals surface area contributed by atoms with Gasteiger partial charge in [-0.25, -0.2) is 4.39 Å². The van der Waals surface area contributed by atoms with Crippen molar-refractivity contribution in [2.75, 3.05) is 13.2 Å². The largest absolute Gasteiger partial charge is 0.493 e. The monoisotopic (exact) mass is 341 g/mol. The van der Waals surface area contributed by atoms with Crippen LogP contribution in [0, 0.1) is 5.82 Å². The predicted molar refractivity (Wildman–Crippen MR) is 93.7 cm³/mol. The SMILES string of the molecule is CC(O)(CNC(=O)/C=C/c1ccc2c(c1)CCO2)c1ccc(F)cc1. The standard InChI is InChI=1S/C20H20FNO3/c1-20(24,16-4-6-17(21)7-5-16)13-22-19(23)9-3-14-2-8-18-15(12-14)10-11-25-18/h2-9,12,24H,10-11,13H2,1H3,(H,22,23)/b9-3+. The Hall–Kier alpha value is -2.66. The summed E-state index contributed by atoms with van der Waals surface area (Å²) in [5.74, 6) is 0.224. The van der Waals surface area contributed by atoms with Crippen molar-refractivity contribution in [2.45, 2.75) is 18.9 Å². The molecule has 25 heavy (non-hydrogen) atoms. The fraction of sp³-hybridized carbons (Fsp3) is 0.250. The Morgan fingerprint density at radius 1 is 1.32 bits per heavy atom. The van der Waals surface area contributed by atoms with Crippen molar-refractivity contribution in [3.63, 3.8) is 0 Å². The van der Waals surface area contributed by atoms with Crippen LogP contribution in [0.5, 0.6) is 5.75 Å². The molecule has 0 saturated carbocycles. The van der Waals surface area contributed by atoms with Gasteiger partial charge in [-0.05, 0) is 54.0 Å². The Labute approximate surface area is 145 Å². The van der Waals surface area contributed by atoms with E-state index in [1.165, 1.54) is 30.3 Å². The average Bonchev–Trinajstić information content (AvgIpc) is 3.06. The van der Waals surface area contributed by atoms with Gasteiger partial charge in [-0.2, -0.15) is 0 Å². The van der Waals surface area contributed by atoms with Gasteiger partial charge in [0.1, 0.15) is 17.2 Å². The summed E-state index contributed by atoms with van der Waals surface area (Å²) in [6.45, 7) is 2.30. The first kappa shape index (κ1) is 17.2. The lowest BCUT2D eigenvalue weighted by atomic mass is 9.96. The van der Waals surface area contributed by atoms with Gasteiger partial charge in [-0.15, -0.1) is 0 Å². The van der Waals surface area contributed by atoms with Crippen molar-refractivity contribution in [1.29, 1.82) is 0 Å². The molecule has 2 aromatic rings. The van der Waals surface area contributed by atoms with Crippen molar-refractivity contribution in [1.82, 2.24) is 5.32 Å². The van der Waals surface area contributed by atoms with Crippen LogP contribution in [0.3, 0.4) is 0 Å². The predicted octanol–water partition coefficient (Wildman–Crippen LogP) is 2.80. The molecule has 1 aliphatic rings. The second-order valence-corrected chi connectivity index (χ2v) is 6.30. The third-order valence-corrected chi connectivity index (χ3v) is 4.21. The molecule has 1 amide bonds. The lowest BCUT2D eigenvalue weighted by molar-refractivity contribution is -0.117. The molecule has 1 heterocycles. The molecule has 0 aromatic heterocycles. The number of aliphatic hydroxyl groups is 1. The molecule has 0 saturated heterocycles. The highest BCUT2D eigenvalue weighted by atomic mass is 19.1. The number of amides is 1. The number of ether oxygens (including phenoxy) is 1. The number of halogens is 1. The molecule has 130 valence electrons. The normalized spacial score (nSPS) is 15.5. The van der Waals surface area contributed by atoms with Crippen LogP contribution in [0.15, 0.2) is 48.5 Å². The van der Waals surface area contributed by atoms with Crippen LogP contribution in [0.2, 0.25) is 0 Å². The van der Waals surface area contributed by atoms with Crippen LogP contribution in [0.25, 0.3) is 6.08 Å². The molecule has 2 aromatic carbocycles. The number of hydrogen-bond donors (Lipinski definition) is 2. The number of rotatable bonds is 5. The maximum absolute atomic E-state index is 13.0. The number of carbonyl (C=O) groups is 1. The number of carbonyl (C=O) groups excluding carboxylic acids is 1. The fourth-order valence-corrected chi connectivity index (χ4v) is 2.71. The van der Waals surface area contributed by atoms with Gasteiger partial charge in [0.2, 0.25) is 5.91 Å². The van der Waals surface area contributed by atoms with Crippen molar-refractivity contribution in [3.8, 4) is 5.75 Å². The van der Waals surface area contributed by atoms with E-state index in [0.717, 1.165) is 23.3 Å². The zero-order valence-electron chi connectivity index (χ0n) is 14.0. The summed E-state index contributed by atoms with van der Waals surface area (Å²) in [5, 5.41) is 13.1. The number of fused-ring (bicyclic) bond motifs is 1. The zero-order valence-corrected chi connectivity index (χ0v) is 14.0. The van der Waals surface area contributed by atoms with E-state index >= 15 is 0 Å². The van der Waals surface area contributed by atoms with Crippen LogP contribution >= 0.6 is 0 Å². The Bertz CT molecular complexity index is 797. The highest BCUT2D eigenvalue weighted by Crippen LogP contribution is 2.26. The quantitative estimate of drug-likeness (QED) is 0.822. The Morgan fingerprint density at radius 3 is 2.84 bits per heavy atom. The molecule has 0 radical (unpaired) electrons. The van der Waals surface area contributed by atoms with Gasteiger partial charge in [0, 0.05) is 12.5 Å². The second kappa shape index (κ2) is 7.07. The molecule has 3 rings (SSSR count). The van der Waals surface area contributed by atoms with Crippen LogP contribution in [0.1, 0.15) is 23.6 Å². The van der Waals surface area contributed by atoms with Crippen LogP contribution < -0.4 is 10.1 Å². The zero-order chi connectivity index (χ0) is 17.9. The summed E-state index contributed by atoms with van der Waals surface area (Å²) in [6.07, 6.45) is 4.03. The molecule has 0 aliphatic carbocycles. The number of benzene rings is 2.